The number of ether oxygens (including phenoxy) is 1. The number of piperazine rings is 1. The van der Waals surface area contributed by atoms with E-state index in [9.17, 15) is 14.9 Å². The third kappa shape index (κ3) is 5.16. The lowest BCUT2D eigenvalue weighted by Crippen LogP contribution is -2.43. The van der Waals surface area contributed by atoms with E-state index in [1.54, 1.807) is 24.4 Å². The lowest BCUT2D eigenvalue weighted by molar-refractivity contribution is -0.384. The number of nitro groups is 1. The number of carbonyl (C=O) groups excluding carboxylic acids is 1. The zero-order valence-corrected chi connectivity index (χ0v) is 17.3. The number of hydrogen-bond acceptors (Lipinski definition) is 7. The number of nitro benzene ring substituents is 1. The maximum absolute atomic E-state index is 12.5. The Morgan fingerprint density at radius 2 is 1.69 bits per heavy atom. The Morgan fingerprint density at radius 1 is 1.00 bits per heavy atom. The molecule has 8 heteroatoms. The Labute approximate surface area is 185 Å². The average Bonchev–Trinajstić information content (AvgIpc) is 2.84. The predicted molar refractivity (Wildman–Crippen MR) is 123 cm³/mol. The summed E-state index contributed by atoms with van der Waals surface area (Å²) < 4.78 is 5.51. The van der Waals surface area contributed by atoms with Crippen molar-refractivity contribution in [2.75, 3.05) is 31.1 Å². The fourth-order valence-corrected chi connectivity index (χ4v) is 3.37. The third-order valence-electron chi connectivity index (χ3n) is 5.12. The molecule has 162 valence electrons. The highest BCUT2D eigenvalue weighted by Crippen LogP contribution is 2.23. The lowest BCUT2D eigenvalue weighted by atomic mass is 10.2. The maximum Gasteiger partial charge on any atom is 0.343 e. The van der Waals surface area contributed by atoms with Gasteiger partial charge in [0.05, 0.1) is 16.2 Å². The van der Waals surface area contributed by atoms with E-state index >= 15 is 0 Å². The number of rotatable bonds is 6. The molecule has 32 heavy (non-hydrogen) atoms. The van der Waals surface area contributed by atoms with Crippen LogP contribution in [0.25, 0.3) is 0 Å². The molecule has 8 nitrogen and oxygen atoms in total. The minimum atomic E-state index is -0.596. The van der Waals surface area contributed by atoms with E-state index in [1.165, 1.54) is 30.0 Å². The van der Waals surface area contributed by atoms with Gasteiger partial charge in [-0.1, -0.05) is 12.1 Å². The minimum Gasteiger partial charge on any atom is -0.422 e. The van der Waals surface area contributed by atoms with Gasteiger partial charge < -0.3 is 15.0 Å². The van der Waals surface area contributed by atoms with Crippen LogP contribution in [0.5, 0.6) is 5.75 Å². The van der Waals surface area contributed by atoms with Gasteiger partial charge in [0.2, 0.25) is 0 Å². The molecule has 0 unspecified atom stereocenters. The molecule has 1 saturated heterocycles. The highest BCUT2D eigenvalue weighted by atomic mass is 16.6. The smallest absolute Gasteiger partial charge is 0.343 e. The van der Waals surface area contributed by atoms with Gasteiger partial charge in [0.25, 0.3) is 5.69 Å². The van der Waals surface area contributed by atoms with Crippen LogP contribution in [-0.2, 0) is 0 Å². The summed E-state index contributed by atoms with van der Waals surface area (Å²) in [5.41, 5.74) is 2.75. The fourth-order valence-electron chi connectivity index (χ4n) is 3.37. The normalized spacial score (nSPS) is 13.8. The van der Waals surface area contributed by atoms with E-state index < -0.39 is 10.9 Å². The highest BCUT2D eigenvalue weighted by Gasteiger charge is 2.13. The summed E-state index contributed by atoms with van der Waals surface area (Å²) in [6.45, 7) is 3.93. The van der Waals surface area contributed by atoms with Crippen LogP contribution in [0.3, 0.4) is 0 Å². The van der Waals surface area contributed by atoms with Gasteiger partial charge in [-0.2, -0.15) is 0 Å². The van der Waals surface area contributed by atoms with E-state index in [-0.39, 0.29) is 11.3 Å². The van der Waals surface area contributed by atoms with Crippen LogP contribution in [0.15, 0.2) is 77.8 Å². The molecule has 3 aromatic rings. The number of carbonyl (C=O) groups is 1. The second-order valence-electron chi connectivity index (χ2n) is 7.24. The van der Waals surface area contributed by atoms with Gasteiger partial charge in [0.1, 0.15) is 5.75 Å². The molecule has 1 aliphatic heterocycles. The van der Waals surface area contributed by atoms with Crippen molar-refractivity contribution < 1.29 is 14.5 Å². The molecular formula is C24H22N4O4. The molecule has 1 N–H and O–H groups in total. The van der Waals surface area contributed by atoms with Crippen LogP contribution in [0.2, 0.25) is 0 Å². The van der Waals surface area contributed by atoms with E-state index in [0.717, 1.165) is 31.9 Å². The Morgan fingerprint density at radius 3 is 2.38 bits per heavy atom. The molecule has 0 aromatic heterocycles. The standard InChI is InChI=1S/C24H22N4O4/c29-24(18-5-9-22(10-6-18)28(30)31)32-23-4-2-1-3-19(23)17-26-20-7-11-21(12-8-20)27-15-13-25-14-16-27/h1-12,17,25H,13-16H2. The molecule has 1 heterocycles. The Kier molecular flexibility index (Phi) is 6.52. The summed E-state index contributed by atoms with van der Waals surface area (Å²) in [5, 5.41) is 14.1. The van der Waals surface area contributed by atoms with Crippen molar-refractivity contribution in [3.05, 3.63) is 94.0 Å². The van der Waals surface area contributed by atoms with Crippen molar-refractivity contribution in [1.29, 1.82) is 0 Å². The molecule has 0 amide bonds. The van der Waals surface area contributed by atoms with Crippen molar-refractivity contribution >= 4 is 29.2 Å². The topological polar surface area (TPSA) is 97.1 Å². The fraction of sp³-hybridized carbons (Fsp3) is 0.167. The number of non-ortho nitro benzene ring substituents is 1. The third-order valence-corrected chi connectivity index (χ3v) is 5.12. The molecule has 3 aromatic carbocycles. The highest BCUT2D eigenvalue weighted by molar-refractivity contribution is 5.93. The second kappa shape index (κ2) is 9.84. The zero-order valence-electron chi connectivity index (χ0n) is 17.3. The molecule has 1 fully saturated rings. The van der Waals surface area contributed by atoms with Crippen LogP contribution in [0.1, 0.15) is 15.9 Å². The molecule has 0 spiro atoms. The van der Waals surface area contributed by atoms with Crippen LogP contribution in [0.4, 0.5) is 17.1 Å². The first-order valence-corrected chi connectivity index (χ1v) is 10.3. The largest absolute Gasteiger partial charge is 0.422 e. The molecule has 1 aliphatic rings. The zero-order chi connectivity index (χ0) is 22.3. The average molecular weight is 430 g/mol. The molecule has 0 saturated carbocycles. The Bertz CT molecular complexity index is 1120. The van der Waals surface area contributed by atoms with E-state index in [0.29, 0.717) is 11.3 Å². The first-order valence-electron chi connectivity index (χ1n) is 10.3. The molecule has 0 radical (unpaired) electrons. The first kappa shape index (κ1) is 21.2. The number of aliphatic imine (C=N–C) groups is 1. The number of nitrogens with zero attached hydrogens (tertiary/aromatic N) is 3. The number of anilines is 1. The SMILES string of the molecule is O=C(Oc1ccccc1C=Nc1ccc(N2CCNCC2)cc1)c1ccc([N+](=O)[O-])cc1. The van der Waals surface area contributed by atoms with Gasteiger partial charge in [0, 0.05) is 55.8 Å². The lowest BCUT2D eigenvalue weighted by Gasteiger charge is -2.29. The van der Waals surface area contributed by atoms with E-state index in [4.69, 9.17) is 4.74 Å². The van der Waals surface area contributed by atoms with Gasteiger partial charge >= 0.3 is 5.97 Å². The predicted octanol–water partition coefficient (Wildman–Crippen LogP) is 3.97. The van der Waals surface area contributed by atoms with Crippen molar-refractivity contribution in [2.45, 2.75) is 0 Å². The number of esters is 1. The van der Waals surface area contributed by atoms with Crippen LogP contribution in [0, 0.1) is 10.1 Å². The van der Waals surface area contributed by atoms with Crippen molar-refractivity contribution in [1.82, 2.24) is 5.32 Å². The summed E-state index contributed by atoms with van der Waals surface area (Å²) in [6, 6.07) is 20.4. The van der Waals surface area contributed by atoms with E-state index in [1.807, 2.05) is 18.2 Å². The molecular weight excluding hydrogens is 408 g/mol. The van der Waals surface area contributed by atoms with Crippen LogP contribution in [-0.4, -0.2) is 43.3 Å². The Hall–Kier alpha value is -4.04. The van der Waals surface area contributed by atoms with Gasteiger partial charge in [-0.3, -0.25) is 15.1 Å². The monoisotopic (exact) mass is 430 g/mol. The summed E-state index contributed by atoms with van der Waals surface area (Å²) in [4.78, 5) is 29.6. The number of nitrogens with one attached hydrogen (secondary N) is 1. The Balaban J connectivity index is 1.45. The van der Waals surface area contributed by atoms with E-state index in [2.05, 4.69) is 27.3 Å². The molecule has 0 atom stereocenters. The van der Waals surface area contributed by atoms with Crippen LogP contribution < -0.4 is 15.0 Å². The molecule has 0 aliphatic carbocycles. The van der Waals surface area contributed by atoms with Crippen molar-refractivity contribution in [2.24, 2.45) is 4.99 Å². The minimum absolute atomic E-state index is 0.0861. The van der Waals surface area contributed by atoms with Gasteiger partial charge in [-0.05, 0) is 48.5 Å². The molecule has 0 bridgehead atoms. The van der Waals surface area contributed by atoms with Crippen LogP contribution >= 0.6 is 0 Å². The summed E-state index contributed by atoms with van der Waals surface area (Å²) in [5.74, 6) is -0.238. The number of benzene rings is 3. The van der Waals surface area contributed by atoms with Gasteiger partial charge in [0.15, 0.2) is 0 Å². The summed E-state index contributed by atoms with van der Waals surface area (Å²) in [6.07, 6.45) is 1.65. The van der Waals surface area contributed by atoms with Gasteiger partial charge in [-0.15, -0.1) is 0 Å². The first-order chi connectivity index (χ1) is 15.6. The number of para-hydroxylation sites is 1. The summed E-state index contributed by atoms with van der Waals surface area (Å²) in [7, 11) is 0. The number of hydrogen-bond donors (Lipinski definition) is 1. The molecule has 4 rings (SSSR count). The summed E-state index contributed by atoms with van der Waals surface area (Å²) >= 11 is 0. The maximum atomic E-state index is 12.5. The quantitative estimate of drug-likeness (QED) is 0.209. The van der Waals surface area contributed by atoms with Crippen molar-refractivity contribution in [3.63, 3.8) is 0 Å². The van der Waals surface area contributed by atoms with Crippen molar-refractivity contribution in [3.8, 4) is 5.75 Å². The second-order valence-corrected chi connectivity index (χ2v) is 7.24. The van der Waals surface area contributed by atoms with Gasteiger partial charge in [-0.25, -0.2) is 4.79 Å².